The Balaban J connectivity index is 1.49. The highest BCUT2D eigenvalue weighted by molar-refractivity contribution is 5.70. The van der Waals surface area contributed by atoms with Gasteiger partial charge in [0.25, 0.3) is 0 Å². The molecule has 0 radical (unpaired) electrons. The minimum Gasteiger partial charge on any atom is -0.410 e. The summed E-state index contributed by atoms with van der Waals surface area (Å²) in [5, 5.41) is 2.69. The molecule has 0 atom stereocenters. The van der Waals surface area contributed by atoms with Gasteiger partial charge in [-0.1, -0.05) is 18.2 Å². The van der Waals surface area contributed by atoms with E-state index in [0.29, 0.717) is 18.9 Å². The van der Waals surface area contributed by atoms with Crippen LogP contribution >= 0.6 is 0 Å². The second-order valence-corrected chi connectivity index (χ2v) is 4.50. The average Bonchev–Trinajstić information content (AvgIpc) is 3.19. The molecule has 0 spiro atoms. The van der Waals surface area contributed by atoms with E-state index >= 15 is 0 Å². The molecule has 1 aliphatic carbocycles. The van der Waals surface area contributed by atoms with Crippen molar-refractivity contribution < 1.29 is 14.3 Å². The molecule has 0 aromatic heterocycles. The topological polar surface area (TPSA) is 47.6 Å². The Morgan fingerprint density at radius 3 is 2.78 bits per heavy atom. The third-order valence-corrected chi connectivity index (χ3v) is 2.74. The Labute approximate surface area is 107 Å². The smallest absolute Gasteiger partial charge is 0.410 e. The predicted molar refractivity (Wildman–Crippen MR) is 68.6 cm³/mol. The number of carbonyl (C=O) groups is 1. The van der Waals surface area contributed by atoms with Crippen LogP contribution in [-0.2, 0) is 4.74 Å². The van der Waals surface area contributed by atoms with Crippen LogP contribution in [-0.4, -0.2) is 25.9 Å². The first kappa shape index (κ1) is 12.9. The fourth-order valence-electron chi connectivity index (χ4n) is 1.53. The van der Waals surface area contributed by atoms with E-state index in [0.717, 1.165) is 18.9 Å². The highest BCUT2D eigenvalue weighted by atomic mass is 16.6. The average molecular weight is 249 g/mol. The fourth-order valence-corrected chi connectivity index (χ4v) is 1.53. The zero-order valence-electron chi connectivity index (χ0n) is 10.4. The molecule has 1 fully saturated rings. The van der Waals surface area contributed by atoms with Crippen molar-refractivity contribution in [1.82, 2.24) is 5.32 Å². The predicted octanol–water partition coefficient (Wildman–Crippen LogP) is 2.59. The molecule has 0 saturated heterocycles. The van der Waals surface area contributed by atoms with E-state index in [-0.39, 0.29) is 0 Å². The molecule has 1 aromatic carbocycles. The van der Waals surface area contributed by atoms with Gasteiger partial charge in [0.05, 0.1) is 0 Å². The van der Waals surface area contributed by atoms with Gasteiger partial charge in [0.1, 0.15) is 5.75 Å². The standard InChI is InChI=1S/C14H19NO3/c16-14(18-13-5-2-1-3-6-13)15-9-4-10-17-11-12-7-8-12/h1-3,5-6,12H,4,7-11H2,(H,15,16). The summed E-state index contributed by atoms with van der Waals surface area (Å²) in [5.74, 6) is 1.35. The number of carbonyl (C=O) groups excluding carboxylic acids is 1. The maximum absolute atomic E-state index is 11.4. The zero-order chi connectivity index (χ0) is 12.6. The second kappa shape index (κ2) is 7.01. The van der Waals surface area contributed by atoms with E-state index in [1.54, 1.807) is 12.1 Å². The number of nitrogens with one attached hydrogen (secondary N) is 1. The maximum Gasteiger partial charge on any atom is 0.412 e. The van der Waals surface area contributed by atoms with Crippen molar-refractivity contribution in [3.8, 4) is 5.75 Å². The molecular formula is C14H19NO3. The molecule has 1 N–H and O–H groups in total. The van der Waals surface area contributed by atoms with Crippen LogP contribution in [0.4, 0.5) is 4.79 Å². The highest BCUT2D eigenvalue weighted by Gasteiger charge is 2.20. The van der Waals surface area contributed by atoms with E-state index in [1.807, 2.05) is 18.2 Å². The van der Waals surface area contributed by atoms with Crippen molar-refractivity contribution in [2.24, 2.45) is 5.92 Å². The lowest BCUT2D eigenvalue weighted by Crippen LogP contribution is -2.28. The molecule has 0 heterocycles. The summed E-state index contributed by atoms with van der Waals surface area (Å²) < 4.78 is 10.5. The van der Waals surface area contributed by atoms with Gasteiger partial charge in [0, 0.05) is 19.8 Å². The summed E-state index contributed by atoms with van der Waals surface area (Å²) in [6, 6.07) is 9.03. The lowest BCUT2D eigenvalue weighted by atomic mass is 10.3. The largest absolute Gasteiger partial charge is 0.412 e. The van der Waals surface area contributed by atoms with Crippen LogP contribution in [0.3, 0.4) is 0 Å². The number of amides is 1. The SMILES string of the molecule is O=C(NCCCOCC1CC1)Oc1ccccc1. The van der Waals surface area contributed by atoms with Crippen molar-refractivity contribution in [1.29, 1.82) is 0 Å². The quantitative estimate of drug-likeness (QED) is 0.755. The summed E-state index contributed by atoms with van der Waals surface area (Å²) in [5.41, 5.74) is 0. The van der Waals surface area contributed by atoms with Gasteiger partial charge < -0.3 is 14.8 Å². The van der Waals surface area contributed by atoms with Crippen molar-refractivity contribution in [3.63, 3.8) is 0 Å². The van der Waals surface area contributed by atoms with Gasteiger partial charge >= 0.3 is 6.09 Å². The molecule has 0 bridgehead atoms. The van der Waals surface area contributed by atoms with Crippen LogP contribution in [0.5, 0.6) is 5.75 Å². The van der Waals surface area contributed by atoms with Gasteiger partial charge in [-0.25, -0.2) is 4.79 Å². The third kappa shape index (κ3) is 5.19. The lowest BCUT2D eigenvalue weighted by Gasteiger charge is -2.06. The van der Waals surface area contributed by atoms with Gasteiger partial charge in [-0.3, -0.25) is 0 Å². The molecule has 0 aliphatic heterocycles. The number of hydrogen-bond acceptors (Lipinski definition) is 3. The monoisotopic (exact) mass is 249 g/mol. The first-order valence-electron chi connectivity index (χ1n) is 6.43. The zero-order valence-corrected chi connectivity index (χ0v) is 10.4. The fraction of sp³-hybridized carbons (Fsp3) is 0.500. The van der Waals surface area contributed by atoms with Crippen LogP contribution in [0.2, 0.25) is 0 Å². The van der Waals surface area contributed by atoms with Crippen molar-refractivity contribution >= 4 is 6.09 Å². The molecule has 2 rings (SSSR count). The molecule has 1 amide bonds. The number of benzene rings is 1. The summed E-state index contributed by atoms with van der Waals surface area (Å²) >= 11 is 0. The summed E-state index contributed by atoms with van der Waals surface area (Å²) in [4.78, 5) is 11.4. The van der Waals surface area contributed by atoms with Crippen LogP contribution in [0.25, 0.3) is 0 Å². The summed E-state index contributed by atoms with van der Waals surface area (Å²) in [6.45, 7) is 2.15. The number of para-hydroxylation sites is 1. The second-order valence-electron chi connectivity index (χ2n) is 4.50. The maximum atomic E-state index is 11.4. The van der Waals surface area contributed by atoms with Crippen LogP contribution in [0, 0.1) is 5.92 Å². The molecule has 0 unspecified atom stereocenters. The Morgan fingerprint density at radius 2 is 2.06 bits per heavy atom. The lowest BCUT2D eigenvalue weighted by molar-refractivity contribution is 0.121. The molecule has 18 heavy (non-hydrogen) atoms. The number of rotatable bonds is 7. The molecule has 1 saturated carbocycles. The highest BCUT2D eigenvalue weighted by Crippen LogP contribution is 2.28. The molecule has 98 valence electrons. The Kier molecular flexibility index (Phi) is 5.02. The first-order chi connectivity index (χ1) is 8.84. The minimum absolute atomic E-state index is 0.414. The van der Waals surface area contributed by atoms with Crippen molar-refractivity contribution in [2.75, 3.05) is 19.8 Å². The molecular weight excluding hydrogens is 230 g/mol. The van der Waals surface area contributed by atoms with Gasteiger partial charge in [-0.05, 0) is 37.3 Å². The summed E-state index contributed by atoms with van der Waals surface area (Å²) in [6.07, 6.45) is 3.02. The van der Waals surface area contributed by atoms with E-state index in [2.05, 4.69) is 5.32 Å². The molecule has 1 aromatic rings. The van der Waals surface area contributed by atoms with Crippen molar-refractivity contribution in [3.05, 3.63) is 30.3 Å². The van der Waals surface area contributed by atoms with Crippen LogP contribution in [0.15, 0.2) is 30.3 Å². The molecule has 4 nitrogen and oxygen atoms in total. The van der Waals surface area contributed by atoms with E-state index in [1.165, 1.54) is 12.8 Å². The van der Waals surface area contributed by atoms with E-state index < -0.39 is 6.09 Å². The number of ether oxygens (including phenoxy) is 2. The van der Waals surface area contributed by atoms with Crippen molar-refractivity contribution in [2.45, 2.75) is 19.3 Å². The normalized spacial score (nSPS) is 14.2. The van der Waals surface area contributed by atoms with Gasteiger partial charge in [0.2, 0.25) is 0 Å². The van der Waals surface area contributed by atoms with E-state index in [4.69, 9.17) is 9.47 Å². The third-order valence-electron chi connectivity index (χ3n) is 2.74. The molecule has 4 heteroatoms. The Hall–Kier alpha value is -1.55. The molecule has 1 aliphatic rings. The van der Waals surface area contributed by atoms with Crippen LogP contribution < -0.4 is 10.1 Å². The Bertz CT molecular complexity index is 363. The number of hydrogen-bond donors (Lipinski definition) is 1. The minimum atomic E-state index is -0.414. The van der Waals surface area contributed by atoms with Crippen LogP contribution in [0.1, 0.15) is 19.3 Å². The van der Waals surface area contributed by atoms with Gasteiger partial charge in [-0.2, -0.15) is 0 Å². The van der Waals surface area contributed by atoms with Gasteiger partial charge in [-0.15, -0.1) is 0 Å². The Morgan fingerprint density at radius 1 is 1.28 bits per heavy atom. The first-order valence-corrected chi connectivity index (χ1v) is 6.43. The van der Waals surface area contributed by atoms with Gasteiger partial charge in [0.15, 0.2) is 0 Å². The summed E-state index contributed by atoms with van der Waals surface area (Å²) in [7, 11) is 0. The van der Waals surface area contributed by atoms with E-state index in [9.17, 15) is 4.79 Å².